The quantitative estimate of drug-likeness (QED) is 0.683. The molecule has 5 nitrogen and oxygen atoms in total. The van der Waals surface area contributed by atoms with E-state index in [1.807, 2.05) is 49.5 Å². The molecule has 0 spiro atoms. The van der Waals surface area contributed by atoms with E-state index in [1.54, 1.807) is 12.4 Å². The molecule has 0 amide bonds. The minimum Gasteiger partial charge on any atom is -0.492 e. The first kappa shape index (κ1) is 16.3. The molecule has 0 bridgehead atoms. The summed E-state index contributed by atoms with van der Waals surface area (Å²) >= 11 is 0. The predicted octanol–water partition coefficient (Wildman–Crippen LogP) is 3.62. The van der Waals surface area contributed by atoms with Gasteiger partial charge >= 0.3 is 0 Å². The molecule has 0 unspecified atom stereocenters. The molecule has 0 atom stereocenters. The van der Waals surface area contributed by atoms with Crippen molar-refractivity contribution in [2.24, 2.45) is 0 Å². The first-order valence-electron chi connectivity index (χ1n) is 8.68. The van der Waals surface area contributed by atoms with E-state index in [0.717, 1.165) is 41.4 Å². The van der Waals surface area contributed by atoms with Crippen molar-refractivity contribution in [2.45, 2.75) is 6.42 Å². The minimum absolute atomic E-state index is 0.589. The van der Waals surface area contributed by atoms with Gasteiger partial charge in [0.1, 0.15) is 18.2 Å². The number of anilines is 1. The van der Waals surface area contributed by atoms with Crippen molar-refractivity contribution in [3.63, 3.8) is 0 Å². The molecule has 5 heteroatoms. The highest BCUT2D eigenvalue weighted by Crippen LogP contribution is 2.29. The Morgan fingerprint density at radius 1 is 1.08 bits per heavy atom. The first-order valence-corrected chi connectivity index (χ1v) is 8.68. The number of pyridine rings is 1. The van der Waals surface area contributed by atoms with Crippen molar-refractivity contribution >= 4 is 11.9 Å². The lowest BCUT2D eigenvalue weighted by Gasteiger charge is -2.21. The largest absolute Gasteiger partial charge is 0.492 e. The summed E-state index contributed by atoms with van der Waals surface area (Å²) in [4.78, 5) is 15.8. The molecule has 4 rings (SSSR count). The molecule has 0 radical (unpaired) electrons. The van der Waals surface area contributed by atoms with Crippen molar-refractivity contribution < 1.29 is 4.74 Å². The van der Waals surface area contributed by atoms with Gasteiger partial charge in [0.2, 0.25) is 0 Å². The predicted molar refractivity (Wildman–Crippen MR) is 103 cm³/mol. The monoisotopic (exact) mass is 344 g/mol. The Labute approximate surface area is 153 Å². The second kappa shape index (κ2) is 7.35. The van der Waals surface area contributed by atoms with E-state index in [4.69, 9.17) is 14.7 Å². The van der Waals surface area contributed by atoms with Gasteiger partial charge in [-0.1, -0.05) is 30.4 Å². The summed E-state index contributed by atoms with van der Waals surface area (Å²) in [5.41, 5.74) is 3.09. The lowest BCUT2D eigenvalue weighted by atomic mass is 10.2. The molecular weight excluding hydrogens is 324 g/mol. The molecule has 0 saturated carbocycles. The van der Waals surface area contributed by atoms with Crippen molar-refractivity contribution in [3.8, 4) is 17.1 Å². The highest BCUT2D eigenvalue weighted by molar-refractivity contribution is 5.72. The Hall–Kier alpha value is -3.21. The molecule has 130 valence electrons. The summed E-state index contributed by atoms with van der Waals surface area (Å²) < 4.78 is 5.82. The Kier molecular flexibility index (Phi) is 4.60. The van der Waals surface area contributed by atoms with Gasteiger partial charge in [0.25, 0.3) is 0 Å². The Bertz CT molecular complexity index is 910. The zero-order chi connectivity index (χ0) is 17.8. The van der Waals surface area contributed by atoms with Gasteiger partial charge in [-0.05, 0) is 24.3 Å². The third kappa shape index (κ3) is 3.42. The number of rotatable bonds is 6. The van der Waals surface area contributed by atoms with Crippen LogP contribution >= 0.6 is 0 Å². The second-order valence-electron chi connectivity index (χ2n) is 6.16. The highest BCUT2D eigenvalue weighted by atomic mass is 16.5. The number of hydrogen-bond acceptors (Lipinski definition) is 5. The number of fused-ring (bicyclic) bond motifs is 1. The Balaban J connectivity index is 1.55. The molecule has 2 aromatic heterocycles. The van der Waals surface area contributed by atoms with Gasteiger partial charge in [0.15, 0.2) is 5.82 Å². The van der Waals surface area contributed by atoms with Crippen molar-refractivity contribution in [1.82, 2.24) is 15.0 Å². The molecule has 0 saturated heterocycles. The fraction of sp³-hybridized carbons (Fsp3) is 0.190. The Morgan fingerprint density at radius 3 is 2.77 bits per heavy atom. The number of hydrogen-bond donors (Lipinski definition) is 0. The number of ether oxygens (including phenoxy) is 1. The van der Waals surface area contributed by atoms with Crippen LogP contribution in [0.4, 0.5) is 5.82 Å². The van der Waals surface area contributed by atoms with Crippen LogP contribution in [-0.2, 0) is 6.42 Å². The van der Waals surface area contributed by atoms with Crippen LogP contribution in [0.3, 0.4) is 0 Å². The number of benzene rings is 1. The maximum atomic E-state index is 5.82. The van der Waals surface area contributed by atoms with E-state index in [-0.39, 0.29) is 0 Å². The van der Waals surface area contributed by atoms with Crippen LogP contribution in [0.5, 0.6) is 5.75 Å². The lowest BCUT2D eigenvalue weighted by molar-refractivity contribution is 0.325. The summed E-state index contributed by atoms with van der Waals surface area (Å²) in [6.07, 6.45) is 8.63. The fourth-order valence-electron chi connectivity index (χ4n) is 2.96. The van der Waals surface area contributed by atoms with E-state index in [2.05, 4.69) is 22.0 Å². The fourth-order valence-corrected chi connectivity index (χ4v) is 2.96. The summed E-state index contributed by atoms with van der Waals surface area (Å²) in [6, 6.07) is 13.7. The van der Waals surface area contributed by atoms with Crippen LogP contribution in [0, 0.1) is 0 Å². The van der Waals surface area contributed by atoms with Crippen LogP contribution < -0.4 is 9.64 Å². The Morgan fingerprint density at radius 2 is 1.96 bits per heavy atom. The first-order chi connectivity index (χ1) is 12.8. The van der Waals surface area contributed by atoms with Crippen LogP contribution in [0.2, 0.25) is 0 Å². The van der Waals surface area contributed by atoms with Crippen molar-refractivity contribution in [2.75, 3.05) is 25.1 Å². The highest BCUT2D eigenvalue weighted by Gasteiger charge is 2.19. The third-order valence-electron chi connectivity index (χ3n) is 4.32. The van der Waals surface area contributed by atoms with Gasteiger partial charge in [-0.3, -0.25) is 4.98 Å². The van der Waals surface area contributed by atoms with Crippen LogP contribution in [-0.4, -0.2) is 35.2 Å². The number of likely N-dealkylation sites (N-methyl/N-ethyl adjacent to an activating group) is 1. The SMILES string of the molecule is CN(CCOc1ccccc1)c1nc(-c2cccnc2)nc2c1C=CC2. The summed E-state index contributed by atoms with van der Waals surface area (Å²) in [5.74, 6) is 2.52. The number of para-hydroxylation sites is 1. The molecule has 0 fully saturated rings. The van der Waals surface area contributed by atoms with Crippen LogP contribution in [0.25, 0.3) is 17.5 Å². The zero-order valence-corrected chi connectivity index (χ0v) is 14.7. The molecule has 0 N–H and O–H groups in total. The van der Waals surface area contributed by atoms with Gasteiger partial charge in [-0.15, -0.1) is 0 Å². The van der Waals surface area contributed by atoms with E-state index < -0.39 is 0 Å². The number of aromatic nitrogens is 3. The molecule has 3 aromatic rings. The van der Waals surface area contributed by atoms with Gasteiger partial charge in [-0.2, -0.15) is 0 Å². The molecule has 1 aromatic carbocycles. The van der Waals surface area contributed by atoms with Crippen LogP contribution in [0.1, 0.15) is 11.3 Å². The number of allylic oxidation sites excluding steroid dienone is 1. The van der Waals surface area contributed by atoms with Gasteiger partial charge in [0, 0.05) is 37.0 Å². The molecular formula is C21H20N4O. The van der Waals surface area contributed by atoms with Crippen molar-refractivity contribution in [3.05, 3.63) is 72.2 Å². The average Bonchev–Trinajstić information content (AvgIpc) is 3.17. The summed E-state index contributed by atoms with van der Waals surface area (Å²) in [7, 11) is 2.04. The number of nitrogens with zero attached hydrogens (tertiary/aromatic N) is 4. The van der Waals surface area contributed by atoms with Crippen molar-refractivity contribution in [1.29, 1.82) is 0 Å². The molecule has 1 aliphatic rings. The zero-order valence-electron chi connectivity index (χ0n) is 14.7. The van der Waals surface area contributed by atoms with Crippen LogP contribution in [0.15, 0.2) is 60.9 Å². The lowest BCUT2D eigenvalue weighted by Crippen LogP contribution is -2.26. The normalized spacial score (nSPS) is 12.0. The van der Waals surface area contributed by atoms with E-state index >= 15 is 0 Å². The molecule has 26 heavy (non-hydrogen) atoms. The van der Waals surface area contributed by atoms with E-state index in [1.165, 1.54) is 0 Å². The average molecular weight is 344 g/mol. The van der Waals surface area contributed by atoms with Gasteiger partial charge in [0.05, 0.1) is 12.2 Å². The minimum atomic E-state index is 0.589. The molecule has 0 aliphatic heterocycles. The van der Waals surface area contributed by atoms with E-state index in [9.17, 15) is 0 Å². The smallest absolute Gasteiger partial charge is 0.163 e. The maximum absolute atomic E-state index is 5.82. The molecule has 1 aliphatic carbocycles. The van der Waals surface area contributed by atoms with E-state index in [0.29, 0.717) is 12.4 Å². The summed E-state index contributed by atoms with van der Waals surface area (Å²) in [6.45, 7) is 1.32. The third-order valence-corrected chi connectivity index (χ3v) is 4.32. The second-order valence-corrected chi connectivity index (χ2v) is 6.16. The maximum Gasteiger partial charge on any atom is 0.163 e. The van der Waals surface area contributed by atoms with Gasteiger partial charge < -0.3 is 9.64 Å². The topological polar surface area (TPSA) is 51.1 Å². The molecule has 2 heterocycles. The van der Waals surface area contributed by atoms with Gasteiger partial charge in [-0.25, -0.2) is 9.97 Å². The summed E-state index contributed by atoms with van der Waals surface area (Å²) in [5, 5.41) is 0. The standard InChI is InChI=1S/C21H20N4O/c1-25(13-14-26-17-8-3-2-4-9-17)21-18-10-5-11-19(18)23-20(24-21)16-7-6-12-22-15-16/h2-10,12,15H,11,13-14H2,1H3.